The van der Waals surface area contributed by atoms with Gasteiger partial charge >= 0.3 is 0 Å². The van der Waals surface area contributed by atoms with E-state index in [1.807, 2.05) is 51.4 Å². The molecule has 1 aromatic heterocycles. The summed E-state index contributed by atoms with van der Waals surface area (Å²) in [4.78, 5) is 23.1. The second-order valence-electron chi connectivity index (χ2n) is 6.20. The monoisotopic (exact) mass is 374 g/mol. The molecule has 0 aliphatic heterocycles. The number of aromatic nitrogens is 2. The van der Waals surface area contributed by atoms with Crippen molar-refractivity contribution in [2.75, 3.05) is 40.0 Å². The van der Waals surface area contributed by atoms with Crippen LogP contribution in [0.3, 0.4) is 0 Å². The smallest absolute Gasteiger partial charge is 0.230 e. The Morgan fingerprint density at radius 2 is 1.96 bits per heavy atom. The third-order valence-corrected chi connectivity index (χ3v) is 4.50. The van der Waals surface area contributed by atoms with Crippen molar-refractivity contribution in [3.8, 4) is 17.0 Å². The zero-order chi connectivity index (χ0) is 18.9. The molecule has 1 aromatic carbocycles. The van der Waals surface area contributed by atoms with Gasteiger partial charge in [0.15, 0.2) is 5.16 Å². The van der Waals surface area contributed by atoms with Crippen molar-refractivity contribution in [1.29, 1.82) is 0 Å². The number of nitrogens with one attached hydrogen (secondary N) is 1. The lowest BCUT2D eigenvalue weighted by molar-refractivity contribution is -0.118. The van der Waals surface area contributed by atoms with Crippen molar-refractivity contribution in [3.05, 3.63) is 36.0 Å². The largest absolute Gasteiger partial charge is 0.497 e. The van der Waals surface area contributed by atoms with Gasteiger partial charge in [0.25, 0.3) is 0 Å². The van der Waals surface area contributed by atoms with E-state index in [1.54, 1.807) is 7.11 Å². The standard InChI is InChI=1S/C19H26N4O2S/c1-14-12-17(15-6-8-16(25-4)9-7-15)22-19(21-14)26-13-18(24)20-10-5-11-23(2)3/h6-9,12H,5,10-11,13H2,1-4H3,(H,20,24). The summed E-state index contributed by atoms with van der Waals surface area (Å²) >= 11 is 1.35. The minimum absolute atomic E-state index is 0.00450. The summed E-state index contributed by atoms with van der Waals surface area (Å²) in [6.07, 6.45) is 0.936. The Morgan fingerprint density at radius 3 is 2.62 bits per heavy atom. The zero-order valence-electron chi connectivity index (χ0n) is 15.8. The topological polar surface area (TPSA) is 67.3 Å². The molecule has 1 amide bonds. The Labute approximate surface area is 159 Å². The van der Waals surface area contributed by atoms with Crippen LogP contribution in [0, 0.1) is 6.92 Å². The number of ether oxygens (including phenoxy) is 1. The maximum atomic E-state index is 12.0. The molecule has 2 aromatic rings. The summed E-state index contributed by atoms with van der Waals surface area (Å²) in [5.74, 6) is 1.12. The predicted molar refractivity (Wildman–Crippen MR) is 106 cm³/mol. The Balaban J connectivity index is 1.93. The van der Waals surface area contributed by atoms with Crippen LogP contribution in [0.15, 0.2) is 35.5 Å². The highest BCUT2D eigenvalue weighted by Crippen LogP contribution is 2.23. The summed E-state index contributed by atoms with van der Waals surface area (Å²) in [6.45, 7) is 3.57. The van der Waals surface area contributed by atoms with Crippen LogP contribution in [0.2, 0.25) is 0 Å². The summed E-state index contributed by atoms with van der Waals surface area (Å²) in [5, 5.41) is 3.54. The summed E-state index contributed by atoms with van der Waals surface area (Å²) < 4.78 is 5.19. The van der Waals surface area contributed by atoms with E-state index in [1.165, 1.54) is 11.8 Å². The molecule has 26 heavy (non-hydrogen) atoms. The van der Waals surface area contributed by atoms with Crippen molar-refractivity contribution in [2.45, 2.75) is 18.5 Å². The maximum absolute atomic E-state index is 12.0. The fourth-order valence-corrected chi connectivity index (χ4v) is 3.05. The summed E-state index contributed by atoms with van der Waals surface area (Å²) in [6, 6.07) is 9.67. The van der Waals surface area contributed by atoms with Crippen LogP contribution in [-0.4, -0.2) is 60.8 Å². The fraction of sp³-hybridized carbons (Fsp3) is 0.421. The lowest BCUT2D eigenvalue weighted by Gasteiger charge is -2.10. The van der Waals surface area contributed by atoms with E-state index < -0.39 is 0 Å². The number of carbonyl (C=O) groups is 1. The summed E-state index contributed by atoms with van der Waals surface area (Å²) in [7, 11) is 5.68. The second kappa shape index (κ2) is 10.1. The second-order valence-corrected chi connectivity index (χ2v) is 7.14. The molecular weight excluding hydrogens is 348 g/mol. The molecule has 140 valence electrons. The number of aryl methyl sites for hydroxylation is 1. The van der Waals surface area contributed by atoms with Crippen molar-refractivity contribution >= 4 is 17.7 Å². The SMILES string of the molecule is COc1ccc(-c2cc(C)nc(SCC(=O)NCCCN(C)C)n2)cc1. The molecule has 0 unspecified atom stereocenters. The number of hydrogen-bond acceptors (Lipinski definition) is 6. The van der Waals surface area contributed by atoms with E-state index in [4.69, 9.17) is 4.74 Å². The number of thioether (sulfide) groups is 1. The number of carbonyl (C=O) groups excluding carboxylic acids is 1. The van der Waals surface area contributed by atoms with E-state index in [0.717, 1.165) is 35.7 Å². The van der Waals surface area contributed by atoms with Gasteiger partial charge < -0.3 is 15.0 Å². The first kappa shape index (κ1) is 20.2. The van der Waals surface area contributed by atoms with E-state index in [2.05, 4.69) is 20.2 Å². The van der Waals surface area contributed by atoms with Crippen LogP contribution in [0.5, 0.6) is 5.75 Å². The van der Waals surface area contributed by atoms with Crippen molar-refractivity contribution in [2.24, 2.45) is 0 Å². The number of rotatable bonds is 9. The van der Waals surface area contributed by atoms with Crippen LogP contribution < -0.4 is 10.1 Å². The quantitative estimate of drug-likeness (QED) is 0.413. The van der Waals surface area contributed by atoms with Gasteiger partial charge in [-0.25, -0.2) is 9.97 Å². The fourth-order valence-electron chi connectivity index (χ4n) is 2.32. The van der Waals surface area contributed by atoms with Crippen LogP contribution in [0.25, 0.3) is 11.3 Å². The Bertz CT molecular complexity index is 720. The molecule has 0 fully saturated rings. The molecule has 1 N–H and O–H groups in total. The molecule has 1 heterocycles. The number of nitrogens with zero attached hydrogens (tertiary/aromatic N) is 3. The molecule has 0 saturated heterocycles. The van der Waals surface area contributed by atoms with Crippen LogP contribution in [0.1, 0.15) is 12.1 Å². The molecular formula is C19H26N4O2S. The molecule has 7 heteroatoms. The number of benzene rings is 1. The normalized spacial score (nSPS) is 10.8. The van der Waals surface area contributed by atoms with Crippen LogP contribution in [0.4, 0.5) is 0 Å². The van der Waals surface area contributed by atoms with Gasteiger partial charge in [-0.2, -0.15) is 0 Å². The van der Waals surface area contributed by atoms with Gasteiger partial charge in [0.2, 0.25) is 5.91 Å². The van der Waals surface area contributed by atoms with Gasteiger partial charge in [-0.15, -0.1) is 0 Å². The number of hydrogen-bond donors (Lipinski definition) is 1. The highest BCUT2D eigenvalue weighted by atomic mass is 32.2. The molecule has 0 spiro atoms. The van der Waals surface area contributed by atoms with Gasteiger partial charge in [-0.1, -0.05) is 11.8 Å². The number of methoxy groups -OCH3 is 1. The third kappa shape index (κ3) is 6.65. The average Bonchev–Trinajstić information content (AvgIpc) is 2.63. The minimum Gasteiger partial charge on any atom is -0.497 e. The third-order valence-electron chi connectivity index (χ3n) is 3.66. The van der Waals surface area contributed by atoms with Crippen molar-refractivity contribution < 1.29 is 9.53 Å². The lowest BCUT2D eigenvalue weighted by atomic mass is 10.1. The molecule has 0 atom stereocenters. The van der Waals surface area contributed by atoms with E-state index in [-0.39, 0.29) is 5.91 Å². The highest BCUT2D eigenvalue weighted by Gasteiger charge is 2.08. The molecule has 0 aliphatic rings. The Kier molecular flexibility index (Phi) is 7.87. The molecule has 2 rings (SSSR count). The van der Waals surface area contributed by atoms with Crippen LogP contribution in [-0.2, 0) is 4.79 Å². The molecule has 0 saturated carbocycles. The zero-order valence-corrected chi connectivity index (χ0v) is 16.6. The predicted octanol–water partition coefficient (Wildman–Crippen LogP) is 2.62. The molecule has 0 bridgehead atoms. The van der Waals surface area contributed by atoms with Crippen molar-refractivity contribution in [1.82, 2.24) is 20.2 Å². The van der Waals surface area contributed by atoms with E-state index in [0.29, 0.717) is 17.5 Å². The minimum atomic E-state index is 0.00450. The van der Waals surface area contributed by atoms with E-state index >= 15 is 0 Å². The lowest BCUT2D eigenvalue weighted by Crippen LogP contribution is -2.28. The van der Waals surface area contributed by atoms with Gasteiger partial charge in [0.1, 0.15) is 5.75 Å². The average molecular weight is 375 g/mol. The van der Waals surface area contributed by atoms with Gasteiger partial charge in [0, 0.05) is 17.8 Å². The Hall–Kier alpha value is -2.12. The highest BCUT2D eigenvalue weighted by molar-refractivity contribution is 7.99. The van der Waals surface area contributed by atoms with Gasteiger partial charge in [-0.3, -0.25) is 4.79 Å². The molecule has 0 aliphatic carbocycles. The first-order valence-corrected chi connectivity index (χ1v) is 9.51. The first-order valence-electron chi connectivity index (χ1n) is 8.52. The molecule has 6 nitrogen and oxygen atoms in total. The van der Waals surface area contributed by atoms with Gasteiger partial charge in [-0.05, 0) is 64.3 Å². The van der Waals surface area contributed by atoms with Crippen molar-refractivity contribution in [3.63, 3.8) is 0 Å². The Morgan fingerprint density at radius 1 is 1.23 bits per heavy atom. The molecule has 0 radical (unpaired) electrons. The first-order chi connectivity index (χ1) is 12.5. The number of amides is 1. The maximum Gasteiger partial charge on any atom is 0.230 e. The summed E-state index contributed by atoms with van der Waals surface area (Å²) in [5.41, 5.74) is 2.71. The van der Waals surface area contributed by atoms with Gasteiger partial charge in [0.05, 0.1) is 18.6 Å². The van der Waals surface area contributed by atoms with Crippen LogP contribution >= 0.6 is 11.8 Å². The van der Waals surface area contributed by atoms with E-state index in [9.17, 15) is 4.79 Å².